The highest BCUT2D eigenvalue weighted by molar-refractivity contribution is 5.99. The molecule has 5 fully saturated rings. The van der Waals surface area contributed by atoms with Crippen LogP contribution in [0.3, 0.4) is 0 Å². The lowest BCUT2D eigenvalue weighted by atomic mass is 10.1. The number of aromatic amines is 1. The van der Waals surface area contributed by atoms with Gasteiger partial charge in [0.15, 0.2) is 5.82 Å². The monoisotopic (exact) mass is 458 g/mol. The Morgan fingerprint density at radius 1 is 1.24 bits per heavy atom. The Hall–Kier alpha value is -3.62. The van der Waals surface area contributed by atoms with Crippen molar-refractivity contribution in [3.8, 4) is 17.0 Å². The van der Waals surface area contributed by atoms with Crippen molar-refractivity contribution in [3.05, 3.63) is 47.3 Å². The molecular formula is C25H26N6O3. The lowest BCUT2D eigenvalue weighted by molar-refractivity contribution is -0.127. The maximum absolute atomic E-state index is 12.8. The molecule has 174 valence electrons. The lowest BCUT2D eigenvalue weighted by Crippen LogP contribution is -2.40. The van der Waals surface area contributed by atoms with E-state index in [0.29, 0.717) is 35.8 Å². The van der Waals surface area contributed by atoms with E-state index in [1.54, 1.807) is 9.58 Å². The Bertz CT molecular complexity index is 1380. The zero-order chi connectivity index (χ0) is 23.1. The first-order valence-electron chi connectivity index (χ1n) is 12.0. The van der Waals surface area contributed by atoms with Gasteiger partial charge in [0.2, 0.25) is 5.91 Å². The summed E-state index contributed by atoms with van der Waals surface area (Å²) in [4.78, 5) is 26.8. The molecule has 34 heavy (non-hydrogen) atoms. The van der Waals surface area contributed by atoms with Crippen LogP contribution in [0.25, 0.3) is 22.2 Å². The number of rotatable bonds is 5. The molecular weight excluding hydrogens is 432 g/mol. The molecule has 5 aliphatic rings. The molecule has 4 unspecified atom stereocenters. The van der Waals surface area contributed by atoms with Crippen LogP contribution in [0.1, 0.15) is 25.3 Å². The molecule has 3 aromatic rings. The number of hydrogen-bond donors (Lipinski definition) is 2. The maximum atomic E-state index is 12.8. The lowest BCUT2D eigenvalue weighted by Gasteiger charge is -2.32. The van der Waals surface area contributed by atoms with E-state index < -0.39 is 0 Å². The molecule has 2 bridgehead atoms. The number of H-pyrrole nitrogens is 1. The first-order valence-corrected chi connectivity index (χ1v) is 12.0. The van der Waals surface area contributed by atoms with Crippen molar-refractivity contribution >= 4 is 22.6 Å². The van der Waals surface area contributed by atoms with E-state index in [-0.39, 0.29) is 23.3 Å². The van der Waals surface area contributed by atoms with Gasteiger partial charge in [0, 0.05) is 24.6 Å². The molecule has 1 aliphatic heterocycles. The number of ether oxygens (including phenoxy) is 1. The average molecular weight is 459 g/mol. The quantitative estimate of drug-likeness (QED) is 0.567. The fourth-order valence-electron chi connectivity index (χ4n) is 6.53. The predicted molar refractivity (Wildman–Crippen MR) is 126 cm³/mol. The molecule has 0 radical (unpaired) electrons. The Morgan fingerprint density at radius 3 is 2.74 bits per heavy atom. The summed E-state index contributed by atoms with van der Waals surface area (Å²) in [7, 11) is 0. The van der Waals surface area contributed by atoms with Crippen molar-refractivity contribution in [2.45, 2.75) is 31.4 Å². The minimum Gasteiger partial charge on any atom is -0.490 e. The summed E-state index contributed by atoms with van der Waals surface area (Å²) < 4.78 is 7.98. The van der Waals surface area contributed by atoms with Gasteiger partial charge in [-0.2, -0.15) is 10.2 Å². The molecule has 4 aliphatic carbocycles. The van der Waals surface area contributed by atoms with Gasteiger partial charge in [0.05, 0.1) is 11.4 Å². The van der Waals surface area contributed by atoms with Gasteiger partial charge >= 0.3 is 0 Å². The van der Waals surface area contributed by atoms with Gasteiger partial charge in [0.1, 0.15) is 23.1 Å². The molecule has 4 atom stereocenters. The van der Waals surface area contributed by atoms with Gasteiger partial charge in [-0.25, -0.2) is 5.10 Å². The summed E-state index contributed by atoms with van der Waals surface area (Å²) in [6, 6.07) is 7.71. The van der Waals surface area contributed by atoms with E-state index in [4.69, 9.17) is 15.6 Å². The molecule has 9 nitrogen and oxygen atoms in total. The summed E-state index contributed by atoms with van der Waals surface area (Å²) in [6.45, 7) is 4.72. The van der Waals surface area contributed by atoms with Crippen molar-refractivity contribution in [1.29, 1.82) is 0 Å². The van der Waals surface area contributed by atoms with E-state index in [9.17, 15) is 9.59 Å². The summed E-state index contributed by atoms with van der Waals surface area (Å²) in [5, 5.41) is 11.9. The standard InChI is InChI=1S/C25H26N6O3/c1-2-17(32)30-9-3-4-13(11-30)31-23-21(24(26)27-28-25(23)33)22(29-31)12-5-7-14(8-6-12)34-16-10-15-18-19(15)20(16)18/h2,5-8,13,15-16,18-20H,1,3-4,9-11H2,(H2,26,27)(H,28,33). The fourth-order valence-corrected chi connectivity index (χ4v) is 6.53. The van der Waals surface area contributed by atoms with Crippen molar-refractivity contribution in [1.82, 2.24) is 24.9 Å². The molecule has 9 heteroatoms. The average Bonchev–Trinajstić information content (AvgIpc) is 3.58. The number of piperidine rings is 1. The first kappa shape index (κ1) is 19.8. The molecule has 3 N–H and O–H groups in total. The molecule has 2 aromatic heterocycles. The van der Waals surface area contributed by atoms with Crippen molar-refractivity contribution in [2.75, 3.05) is 18.8 Å². The van der Waals surface area contributed by atoms with Crippen LogP contribution in [0, 0.1) is 23.7 Å². The van der Waals surface area contributed by atoms with Gasteiger partial charge in [-0.1, -0.05) is 6.58 Å². The number of anilines is 1. The number of likely N-dealkylation sites (tertiary alicyclic amines) is 1. The second kappa shape index (κ2) is 6.94. The molecule has 1 aromatic carbocycles. The van der Waals surface area contributed by atoms with Crippen LogP contribution in [0.2, 0.25) is 0 Å². The van der Waals surface area contributed by atoms with E-state index in [2.05, 4.69) is 16.8 Å². The van der Waals surface area contributed by atoms with Gasteiger partial charge < -0.3 is 15.4 Å². The van der Waals surface area contributed by atoms with Crippen LogP contribution in [-0.2, 0) is 4.79 Å². The molecule has 1 amide bonds. The topological polar surface area (TPSA) is 119 Å². The smallest absolute Gasteiger partial charge is 0.290 e. The van der Waals surface area contributed by atoms with Crippen LogP contribution in [-0.4, -0.2) is 50.0 Å². The zero-order valence-electron chi connectivity index (χ0n) is 18.7. The highest BCUT2D eigenvalue weighted by Gasteiger charge is 2.81. The highest BCUT2D eigenvalue weighted by Crippen LogP contribution is 2.82. The number of benzene rings is 1. The minimum atomic E-state index is -0.349. The van der Waals surface area contributed by atoms with Crippen LogP contribution < -0.4 is 16.0 Å². The Balaban J connectivity index is 1.24. The molecule has 4 saturated carbocycles. The number of nitrogen functional groups attached to an aromatic ring is 1. The second-order valence-electron chi connectivity index (χ2n) is 10.1. The largest absolute Gasteiger partial charge is 0.490 e. The van der Waals surface area contributed by atoms with E-state index in [0.717, 1.165) is 47.8 Å². The fraction of sp³-hybridized carbons (Fsp3) is 0.440. The van der Waals surface area contributed by atoms with Crippen LogP contribution in [0.5, 0.6) is 5.75 Å². The number of carbonyl (C=O) groups excluding carboxylic acids is 1. The maximum Gasteiger partial charge on any atom is 0.290 e. The first-order chi connectivity index (χ1) is 16.5. The number of aromatic nitrogens is 4. The number of fused-ring (bicyclic) bond motifs is 2. The zero-order valence-corrected chi connectivity index (χ0v) is 18.7. The number of nitrogens with one attached hydrogen (secondary N) is 1. The van der Waals surface area contributed by atoms with Crippen LogP contribution in [0.4, 0.5) is 5.82 Å². The van der Waals surface area contributed by atoms with Crippen molar-refractivity contribution in [3.63, 3.8) is 0 Å². The van der Waals surface area contributed by atoms with Gasteiger partial charge in [-0.3, -0.25) is 14.3 Å². The van der Waals surface area contributed by atoms with E-state index >= 15 is 0 Å². The Kier molecular flexibility index (Phi) is 4.05. The number of carbonyl (C=O) groups is 1. The van der Waals surface area contributed by atoms with Crippen LogP contribution in [0.15, 0.2) is 41.7 Å². The molecule has 8 rings (SSSR count). The Labute approximate surface area is 195 Å². The van der Waals surface area contributed by atoms with Gasteiger partial charge in [-0.15, -0.1) is 0 Å². The highest BCUT2D eigenvalue weighted by atomic mass is 16.5. The Morgan fingerprint density at radius 2 is 2.03 bits per heavy atom. The van der Waals surface area contributed by atoms with Crippen molar-refractivity contribution in [2.24, 2.45) is 23.7 Å². The summed E-state index contributed by atoms with van der Waals surface area (Å²) in [6.07, 6.45) is 4.49. The molecule has 3 heterocycles. The predicted octanol–water partition coefficient (Wildman–Crippen LogP) is 2.36. The molecule has 1 saturated heterocycles. The third-order valence-corrected chi connectivity index (χ3v) is 8.28. The molecule has 0 spiro atoms. The van der Waals surface area contributed by atoms with Gasteiger partial charge in [0.25, 0.3) is 5.56 Å². The number of nitrogens with two attached hydrogens (primary N) is 1. The SMILES string of the molecule is C=CC(=O)N1CCCC(n2nc(-c3ccc(OC4CC5C6C4C56)cc3)c3c(N)n[nH]c(=O)c32)C1. The minimum absolute atomic E-state index is 0.117. The number of hydrogen-bond acceptors (Lipinski definition) is 6. The summed E-state index contributed by atoms with van der Waals surface area (Å²) in [5.41, 5.74) is 7.71. The number of nitrogens with zero attached hydrogens (tertiary/aromatic N) is 4. The second-order valence-corrected chi connectivity index (χ2v) is 10.1. The number of amides is 1. The van der Waals surface area contributed by atoms with E-state index in [1.807, 2.05) is 24.3 Å². The summed E-state index contributed by atoms with van der Waals surface area (Å²) >= 11 is 0. The normalized spacial score (nSPS) is 30.8. The van der Waals surface area contributed by atoms with E-state index in [1.165, 1.54) is 12.5 Å². The van der Waals surface area contributed by atoms with Crippen molar-refractivity contribution < 1.29 is 9.53 Å². The van der Waals surface area contributed by atoms with Gasteiger partial charge in [-0.05, 0) is 67.4 Å². The van der Waals surface area contributed by atoms with Crippen LogP contribution >= 0.6 is 0 Å². The third-order valence-electron chi connectivity index (χ3n) is 8.28. The summed E-state index contributed by atoms with van der Waals surface area (Å²) in [5.74, 6) is 4.57. The third kappa shape index (κ3) is 2.79.